The monoisotopic (exact) mass is 513 g/mol. The number of nitrogens with one attached hydrogen (secondary N) is 1. The molecule has 1 fully saturated rings. The highest BCUT2D eigenvalue weighted by Gasteiger charge is 2.26. The Balaban J connectivity index is 1.04. The molecule has 1 saturated heterocycles. The normalized spacial score (nSPS) is 16.3. The van der Waals surface area contributed by atoms with Gasteiger partial charge in [-0.25, -0.2) is 0 Å². The number of aryl methyl sites for hydroxylation is 2. The molecule has 6 rings (SSSR count). The number of benzene rings is 2. The third-order valence-corrected chi connectivity index (χ3v) is 8.49. The Hall–Kier alpha value is -3.09. The van der Waals surface area contributed by atoms with Crippen molar-refractivity contribution in [3.8, 4) is 5.75 Å². The summed E-state index contributed by atoms with van der Waals surface area (Å²) < 4.78 is 6.37. The minimum Gasteiger partial charge on any atom is -0.490 e. The van der Waals surface area contributed by atoms with Crippen LogP contribution in [0.3, 0.4) is 0 Å². The molecule has 37 heavy (non-hydrogen) atoms. The molecule has 2 aromatic carbocycles. The van der Waals surface area contributed by atoms with Crippen molar-refractivity contribution in [2.45, 2.75) is 57.7 Å². The molecule has 0 atom stereocenters. The third kappa shape index (κ3) is 5.46. The zero-order chi connectivity index (χ0) is 25.2. The lowest BCUT2D eigenvalue weighted by Crippen LogP contribution is -2.41. The highest BCUT2D eigenvalue weighted by Crippen LogP contribution is 2.30. The number of likely N-dealkylation sites (tertiary alicyclic amines) is 1. The van der Waals surface area contributed by atoms with Gasteiger partial charge >= 0.3 is 0 Å². The van der Waals surface area contributed by atoms with Gasteiger partial charge in [0.25, 0.3) is 5.91 Å². The SMILES string of the molecule is CN(Cc1ccsc1)Cc1cccc(OC2CCN(C(=O)c3ccc4[nH]c5c(c4c3)CCCC5)CC2)c1. The van der Waals surface area contributed by atoms with E-state index in [0.717, 1.165) is 68.7 Å². The van der Waals surface area contributed by atoms with Crippen LogP contribution in [0.1, 0.15) is 58.4 Å². The lowest BCUT2D eigenvalue weighted by molar-refractivity contribution is 0.0595. The number of thiophene rings is 1. The molecule has 0 radical (unpaired) electrons. The molecule has 192 valence electrons. The lowest BCUT2D eigenvalue weighted by Gasteiger charge is -2.32. The number of aromatic amines is 1. The van der Waals surface area contributed by atoms with Crippen molar-refractivity contribution in [1.29, 1.82) is 0 Å². The summed E-state index contributed by atoms with van der Waals surface area (Å²) in [4.78, 5) is 21.2. The molecule has 0 saturated carbocycles. The molecule has 3 heterocycles. The number of aromatic nitrogens is 1. The van der Waals surface area contributed by atoms with E-state index in [4.69, 9.17) is 4.74 Å². The number of hydrogen-bond donors (Lipinski definition) is 1. The summed E-state index contributed by atoms with van der Waals surface area (Å²) in [6, 6.07) is 16.8. The fraction of sp³-hybridized carbons (Fsp3) is 0.387. The van der Waals surface area contributed by atoms with Gasteiger partial charge in [-0.05, 0) is 96.6 Å². The Labute approximate surface area is 223 Å². The summed E-state index contributed by atoms with van der Waals surface area (Å²) >= 11 is 1.74. The molecule has 2 aromatic heterocycles. The molecule has 4 aromatic rings. The zero-order valence-electron chi connectivity index (χ0n) is 21.5. The largest absolute Gasteiger partial charge is 0.490 e. The molecule has 1 aliphatic heterocycles. The summed E-state index contributed by atoms with van der Waals surface area (Å²) in [6.07, 6.45) is 6.57. The first-order valence-corrected chi connectivity index (χ1v) is 14.4. The van der Waals surface area contributed by atoms with E-state index in [2.05, 4.69) is 64.1 Å². The molecule has 0 spiro atoms. The highest BCUT2D eigenvalue weighted by molar-refractivity contribution is 7.07. The molecule has 1 N–H and O–H groups in total. The maximum atomic E-state index is 13.3. The number of amides is 1. The fourth-order valence-electron chi connectivity index (χ4n) is 5.87. The van der Waals surface area contributed by atoms with Gasteiger partial charge in [-0.3, -0.25) is 9.69 Å². The minimum absolute atomic E-state index is 0.141. The quantitative estimate of drug-likeness (QED) is 0.310. The van der Waals surface area contributed by atoms with Gasteiger partial charge in [-0.2, -0.15) is 11.3 Å². The molecule has 1 amide bonds. The Kier molecular flexibility index (Phi) is 7.03. The van der Waals surface area contributed by atoms with Gasteiger partial charge in [0.2, 0.25) is 0 Å². The predicted octanol–water partition coefficient (Wildman–Crippen LogP) is 6.42. The topological polar surface area (TPSA) is 48.6 Å². The summed E-state index contributed by atoms with van der Waals surface area (Å²) in [5.41, 5.74) is 7.36. The van der Waals surface area contributed by atoms with E-state index in [0.29, 0.717) is 0 Å². The zero-order valence-corrected chi connectivity index (χ0v) is 22.4. The van der Waals surface area contributed by atoms with Crippen LogP contribution in [0.15, 0.2) is 59.3 Å². The number of ether oxygens (including phenoxy) is 1. The number of hydrogen-bond acceptors (Lipinski definition) is 4. The predicted molar refractivity (Wildman–Crippen MR) is 150 cm³/mol. The van der Waals surface area contributed by atoms with E-state index in [1.165, 1.54) is 40.6 Å². The maximum absolute atomic E-state index is 13.3. The Morgan fingerprint density at radius 1 is 1.05 bits per heavy atom. The van der Waals surface area contributed by atoms with Gasteiger partial charge in [0.05, 0.1) is 0 Å². The van der Waals surface area contributed by atoms with Crippen molar-refractivity contribution in [1.82, 2.24) is 14.8 Å². The van der Waals surface area contributed by atoms with Gasteiger partial charge < -0.3 is 14.6 Å². The molecule has 2 aliphatic rings. The number of fused-ring (bicyclic) bond motifs is 3. The molecular weight excluding hydrogens is 478 g/mol. The molecular formula is C31H35N3O2S. The number of piperidine rings is 1. The van der Waals surface area contributed by atoms with Crippen LogP contribution in [0, 0.1) is 0 Å². The van der Waals surface area contributed by atoms with Crippen LogP contribution >= 0.6 is 11.3 Å². The summed E-state index contributed by atoms with van der Waals surface area (Å²) in [6.45, 7) is 3.29. The average Bonchev–Trinajstić information content (AvgIpc) is 3.56. The average molecular weight is 514 g/mol. The Morgan fingerprint density at radius 2 is 1.89 bits per heavy atom. The fourth-order valence-corrected chi connectivity index (χ4v) is 6.53. The summed E-state index contributed by atoms with van der Waals surface area (Å²) in [5, 5.41) is 5.57. The van der Waals surface area contributed by atoms with Crippen molar-refractivity contribution in [2.24, 2.45) is 0 Å². The van der Waals surface area contributed by atoms with Crippen molar-refractivity contribution < 1.29 is 9.53 Å². The Bertz CT molecular complexity index is 1370. The van der Waals surface area contributed by atoms with E-state index in [9.17, 15) is 4.79 Å². The van der Waals surface area contributed by atoms with E-state index in [-0.39, 0.29) is 12.0 Å². The molecule has 0 unspecified atom stereocenters. The summed E-state index contributed by atoms with van der Waals surface area (Å²) in [7, 11) is 2.15. The second-order valence-corrected chi connectivity index (χ2v) is 11.4. The van der Waals surface area contributed by atoms with Crippen LogP contribution in [0.4, 0.5) is 0 Å². The van der Waals surface area contributed by atoms with Crippen LogP contribution in [0.5, 0.6) is 5.75 Å². The number of H-pyrrole nitrogens is 1. The number of carbonyl (C=O) groups is 1. The van der Waals surface area contributed by atoms with Crippen LogP contribution in [-0.4, -0.2) is 46.9 Å². The Morgan fingerprint density at radius 3 is 2.73 bits per heavy atom. The van der Waals surface area contributed by atoms with Crippen molar-refractivity contribution in [3.05, 3.63) is 87.2 Å². The molecule has 6 heteroatoms. The third-order valence-electron chi connectivity index (χ3n) is 7.76. The van der Waals surface area contributed by atoms with Gasteiger partial charge in [-0.1, -0.05) is 12.1 Å². The van der Waals surface area contributed by atoms with E-state index < -0.39 is 0 Å². The smallest absolute Gasteiger partial charge is 0.253 e. The minimum atomic E-state index is 0.141. The van der Waals surface area contributed by atoms with E-state index >= 15 is 0 Å². The second kappa shape index (κ2) is 10.7. The molecule has 1 aliphatic carbocycles. The van der Waals surface area contributed by atoms with Gasteiger partial charge in [0.15, 0.2) is 0 Å². The van der Waals surface area contributed by atoms with E-state index in [1.807, 2.05) is 17.0 Å². The van der Waals surface area contributed by atoms with Gasteiger partial charge in [-0.15, -0.1) is 0 Å². The van der Waals surface area contributed by atoms with Crippen molar-refractivity contribution >= 4 is 28.1 Å². The number of nitrogens with zero attached hydrogens (tertiary/aromatic N) is 2. The number of rotatable bonds is 7. The van der Waals surface area contributed by atoms with Crippen LogP contribution in [0.25, 0.3) is 10.9 Å². The van der Waals surface area contributed by atoms with Crippen LogP contribution in [0.2, 0.25) is 0 Å². The van der Waals surface area contributed by atoms with Gasteiger partial charge in [0, 0.05) is 61.2 Å². The lowest BCUT2D eigenvalue weighted by atomic mass is 9.95. The first-order chi connectivity index (χ1) is 18.1. The first-order valence-electron chi connectivity index (χ1n) is 13.5. The second-order valence-electron chi connectivity index (χ2n) is 10.6. The van der Waals surface area contributed by atoms with Gasteiger partial charge in [0.1, 0.15) is 11.9 Å². The van der Waals surface area contributed by atoms with Crippen LogP contribution < -0.4 is 4.74 Å². The van der Waals surface area contributed by atoms with Crippen molar-refractivity contribution in [2.75, 3.05) is 20.1 Å². The molecule has 0 bridgehead atoms. The van der Waals surface area contributed by atoms with Crippen molar-refractivity contribution in [3.63, 3.8) is 0 Å². The highest BCUT2D eigenvalue weighted by atomic mass is 32.1. The van der Waals surface area contributed by atoms with Crippen LogP contribution in [-0.2, 0) is 25.9 Å². The first kappa shape index (κ1) is 24.3. The maximum Gasteiger partial charge on any atom is 0.253 e. The molecule has 5 nitrogen and oxygen atoms in total. The number of carbonyl (C=O) groups excluding carboxylic acids is 1. The van der Waals surface area contributed by atoms with E-state index in [1.54, 1.807) is 11.3 Å². The standard InChI is InChI=1S/C31H35N3O2S/c1-33(20-23-13-16-37-21-23)19-22-5-4-6-26(17-22)36-25-11-14-34(15-12-25)31(35)24-9-10-30-28(18-24)27-7-2-3-8-29(27)32-30/h4-6,9-10,13,16-18,21,25,32H,2-3,7-8,11-12,14-15,19-20H2,1H3. The summed E-state index contributed by atoms with van der Waals surface area (Å²) in [5.74, 6) is 1.07.